The SMILES string of the molecule is Cc1c(Cc2ccc3ncoc3c2)cc2c(c1C)OCCN(c1ncccc1C#N)C2=O. The Morgan fingerprint density at radius 1 is 1.16 bits per heavy atom. The maximum Gasteiger partial charge on any atom is 0.263 e. The first-order valence-electron chi connectivity index (χ1n) is 10.3. The summed E-state index contributed by atoms with van der Waals surface area (Å²) in [6.45, 7) is 4.65. The monoisotopic (exact) mass is 424 g/mol. The number of pyridine rings is 1. The van der Waals surface area contributed by atoms with Gasteiger partial charge in [0, 0.05) is 6.20 Å². The molecule has 3 heterocycles. The van der Waals surface area contributed by atoms with Gasteiger partial charge in [-0.1, -0.05) is 6.07 Å². The number of carbonyl (C=O) groups excluding carboxylic acids is 1. The highest BCUT2D eigenvalue weighted by Crippen LogP contribution is 2.34. The number of aromatic nitrogens is 2. The molecule has 0 radical (unpaired) electrons. The van der Waals surface area contributed by atoms with Crippen molar-refractivity contribution < 1.29 is 13.9 Å². The van der Waals surface area contributed by atoms with Gasteiger partial charge < -0.3 is 9.15 Å². The highest BCUT2D eigenvalue weighted by molar-refractivity contribution is 6.08. The summed E-state index contributed by atoms with van der Waals surface area (Å²) in [5.74, 6) is 0.730. The second kappa shape index (κ2) is 7.82. The maximum absolute atomic E-state index is 13.6. The number of anilines is 1. The lowest BCUT2D eigenvalue weighted by atomic mass is 9.93. The first kappa shape index (κ1) is 19.8. The average Bonchev–Trinajstić information content (AvgIpc) is 3.22. The summed E-state index contributed by atoms with van der Waals surface area (Å²) in [4.78, 5) is 23.6. The Hall–Kier alpha value is -4.18. The zero-order valence-corrected chi connectivity index (χ0v) is 17.8. The van der Waals surface area contributed by atoms with E-state index in [2.05, 4.69) is 16.0 Å². The van der Waals surface area contributed by atoms with Crippen LogP contribution in [-0.4, -0.2) is 29.0 Å². The van der Waals surface area contributed by atoms with Gasteiger partial charge in [0.2, 0.25) is 0 Å². The van der Waals surface area contributed by atoms with Crippen LogP contribution < -0.4 is 9.64 Å². The van der Waals surface area contributed by atoms with Gasteiger partial charge in [0.15, 0.2) is 17.8 Å². The van der Waals surface area contributed by atoms with Gasteiger partial charge >= 0.3 is 0 Å². The number of hydrogen-bond donors (Lipinski definition) is 0. The second-order valence-electron chi connectivity index (χ2n) is 7.79. The summed E-state index contributed by atoms with van der Waals surface area (Å²) in [5, 5.41) is 9.48. The Balaban J connectivity index is 1.57. The van der Waals surface area contributed by atoms with E-state index in [-0.39, 0.29) is 5.91 Å². The fourth-order valence-corrected chi connectivity index (χ4v) is 4.11. The van der Waals surface area contributed by atoms with Crippen LogP contribution in [0.15, 0.2) is 53.4 Å². The van der Waals surface area contributed by atoms with Crippen molar-refractivity contribution in [3.8, 4) is 11.8 Å². The van der Waals surface area contributed by atoms with Gasteiger partial charge in [-0.25, -0.2) is 9.97 Å². The molecule has 0 saturated heterocycles. The van der Waals surface area contributed by atoms with Crippen LogP contribution in [0.25, 0.3) is 11.1 Å². The van der Waals surface area contributed by atoms with Crippen molar-refractivity contribution >= 4 is 22.8 Å². The van der Waals surface area contributed by atoms with E-state index >= 15 is 0 Å². The van der Waals surface area contributed by atoms with Crippen molar-refractivity contribution in [3.05, 3.63) is 82.4 Å². The van der Waals surface area contributed by atoms with E-state index in [9.17, 15) is 10.1 Å². The van der Waals surface area contributed by atoms with Gasteiger partial charge in [-0.2, -0.15) is 5.26 Å². The van der Waals surface area contributed by atoms with E-state index in [0.717, 1.165) is 33.4 Å². The number of amides is 1. The molecule has 1 amide bonds. The molecule has 0 unspecified atom stereocenters. The number of oxazole rings is 1. The number of benzene rings is 2. The van der Waals surface area contributed by atoms with Crippen LogP contribution in [0.5, 0.6) is 5.75 Å². The minimum Gasteiger partial charge on any atom is -0.491 e. The van der Waals surface area contributed by atoms with Gasteiger partial charge in [-0.3, -0.25) is 9.69 Å². The lowest BCUT2D eigenvalue weighted by Gasteiger charge is -2.20. The van der Waals surface area contributed by atoms with E-state index in [1.54, 1.807) is 18.3 Å². The van der Waals surface area contributed by atoms with E-state index in [1.165, 1.54) is 11.3 Å². The maximum atomic E-state index is 13.6. The molecule has 1 aliphatic heterocycles. The lowest BCUT2D eigenvalue weighted by molar-refractivity contribution is 0.0989. The molecule has 0 N–H and O–H groups in total. The molecule has 2 aromatic heterocycles. The van der Waals surface area contributed by atoms with Crippen molar-refractivity contribution in [3.63, 3.8) is 0 Å². The predicted molar refractivity (Wildman–Crippen MR) is 119 cm³/mol. The molecule has 7 nitrogen and oxygen atoms in total. The lowest BCUT2D eigenvalue weighted by Crippen LogP contribution is -2.33. The van der Waals surface area contributed by atoms with Gasteiger partial charge in [0.05, 0.1) is 17.7 Å². The molecule has 0 fully saturated rings. The van der Waals surface area contributed by atoms with Crippen molar-refractivity contribution in [2.24, 2.45) is 0 Å². The van der Waals surface area contributed by atoms with Gasteiger partial charge in [0.1, 0.15) is 23.9 Å². The third kappa shape index (κ3) is 3.26. The fourth-order valence-electron chi connectivity index (χ4n) is 4.11. The summed E-state index contributed by atoms with van der Waals surface area (Å²) >= 11 is 0. The first-order chi connectivity index (χ1) is 15.6. The minimum absolute atomic E-state index is 0.220. The molecule has 4 aromatic rings. The standard InChI is InChI=1S/C25H20N4O3/c1-15-16(2)23-20(12-19(15)10-17-5-6-21-22(11-17)32-14-28-21)25(30)29(8-9-31-23)24-18(13-26)4-3-7-27-24/h3-7,11-12,14H,8-10H2,1-2H3. The number of carbonyl (C=O) groups is 1. The second-order valence-corrected chi connectivity index (χ2v) is 7.79. The van der Waals surface area contributed by atoms with Gasteiger partial charge in [0.25, 0.3) is 5.91 Å². The molecule has 0 saturated carbocycles. The van der Waals surface area contributed by atoms with Crippen LogP contribution in [-0.2, 0) is 6.42 Å². The highest BCUT2D eigenvalue weighted by Gasteiger charge is 2.29. The number of hydrogen-bond acceptors (Lipinski definition) is 6. The molecule has 0 spiro atoms. The summed E-state index contributed by atoms with van der Waals surface area (Å²) in [6, 6.07) is 13.3. The van der Waals surface area contributed by atoms with Gasteiger partial charge in [-0.15, -0.1) is 0 Å². The van der Waals surface area contributed by atoms with E-state index < -0.39 is 0 Å². The number of nitrogens with zero attached hydrogens (tertiary/aromatic N) is 4. The van der Waals surface area contributed by atoms with Crippen LogP contribution in [0.3, 0.4) is 0 Å². The molecular formula is C25H20N4O3. The van der Waals surface area contributed by atoms with Crippen molar-refractivity contribution in [2.45, 2.75) is 20.3 Å². The Kier molecular flexibility index (Phi) is 4.83. The van der Waals surface area contributed by atoms with E-state index in [0.29, 0.717) is 42.3 Å². The fraction of sp³-hybridized carbons (Fsp3) is 0.200. The molecule has 5 rings (SSSR count). The molecule has 2 aromatic carbocycles. The van der Waals surface area contributed by atoms with Crippen LogP contribution in [0, 0.1) is 25.2 Å². The van der Waals surface area contributed by atoms with Crippen LogP contribution >= 0.6 is 0 Å². The number of rotatable bonds is 3. The Bertz CT molecular complexity index is 1400. The minimum atomic E-state index is -0.220. The largest absolute Gasteiger partial charge is 0.491 e. The molecular weight excluding hydrogens is 404 g/mol. The molecule has 0 atom stereocenters. The van der Waals surface area contributed by atoms with Crippen LogP contribution in [0.4, 0.5) is 5.82 Å². The normalized spacial score (nSPS) is 13.4. The summed E-state index contributed by atoms with van der Waals surface area (Å²) in [5.41, 5.74) is 6.49. The third-order valence-corrected chi connectivity index (χ3v) is 5.94. The predicted octanol–water partition coefficient (Wildman–Crippen LogP) is 4.34. The van der Waals surface area contributed by atoms with Crippen molar-refractivity contribution in [1.82, 2.24) is 9.97 Å². The zero-order chi connectivity index (χ0) is 22.2. The number of fused-ring (bicyclic) bond motifs is 2. The Morgan fingerprint density at radius 2 is 2.03 bits per heavy atom. The first-order valence-corrected chi connectivity index (χ1v) is 10.3. The molecule has 0 bridgehead atoms. The molecule has 7 heteroatoms. The summed E-state index contributed by atoms with van der Waals surface area (Å²) < 4.78 is 11.4. The van der Waals surface area contributed by atoms with Crippen LogP contribution in [0.1, 0.15) is 38.2 Å². The smallest absolute Gasteiger partial charge is 0.263 e. The van der Waals surface area contributed by atoms with Crippen molar-refractivity contribution in [1.29, 1.82) is 5.26 Å². The van der Waals surface area contributed by atoms with E-state index in [4.69, 9.17) is 9.15 Å². The number of nitriles is 1. The Labute approximate surface area is 184 Å². The number of ether oxygens (including phenoxy) is 1. The Morgan fingerprint density at radius 3 is 2.88 bits per heavy atom. The summed E-state index contributed by atoms with van der Waals surface area (Å²) in [6.07, 6.45) is 3.66. The van der Waals surface area contributed by atoms with Crippen LogP contribution in [0.2, 0.25) is 0 Å². The quantitative estimate of drug-likeness (QED) is 0.486. The molecule has 1 aliphatic rings. The molecule has 32 heavy (non-hydrogen) atoms. The summed E-state index contributed by atoms with van der Waals surface area (Å²) in [7, 11) is 0. The molecule has 0 aliphatic carbocycles. The van der Waals surface area contributed by atoms with Crippen molar-refractivity contribution in [2.75, 3.05) is 18.1 Å². The van der Waals surface area contributed by atoms with E-state index in [1.807, 2.05) is 38.1 Å². The average molecular weight is 424 g/mol. The topological polar surface area (TPSA) is 92.2 Å². The highest BCUT2D eigenvalue weighted by atomic mass is 16.5. The zero-order valence-electron chi connectivity index (χ0n) is 17.8. The van der Waals surface area contributed by atoms with Gasteiger partial charge in [-0.05, 0) is 72.9 Å². The third-order valence-electron chi connectivity index (χ3n) is 5.94. The molecule has 158 valence electrons.